The number of furan rings is 1. The van der Waals surface area contributed by atoms with E-state index in [0.717, 1.165) is 0 Å². The van der Waals surface area contributed by atoms with Gasteiger partial charge in [-0.05, 0) is 42.0 Å². The standard InChI is InChI=1S/C22H16FNO4/c23-16-10-8-15(9-11-16)20(25)18-19(14-5-2-1-3-6-14)24(22(27)21(18)26)13-17-7-4-12-28-17/h1-12,19,25H,13H2/b20-18-. The number of nitrogens with zero attached hydrogens (tertiary/aromatic N) is 1. The van der Waals surface area contributed by atoms with E-state index < -0.39 is 23.5 Å². The van der Waals surface area contributed by atoms with Crippen LogP contribution < -0.4 is 0 Å². The molecular formula is C22H16FNO4. The summed E-state index contributed by atoms with van der Waals surface area (Å²) in [5, 5.41) is 10.8. The lowest BCUT2D eigenvalue weighted by Crippen LogP contribution is -2.29. The number of benzene rings is 2. The molecule has 1 aliphatic rings. The molecule has 1 amide bonds. The van der Waals surface area contributed by atoms with Crippen LogP contribution in [0.2, 0.25) is 0 Å². The van der Waals surface area contributed by atoms with Crippen LogP contribution in [0.3, 0.4) is 0 Å². The molecule has 6 heteroatoms. The van der Waals surface area contributed by atoms with E-state index in [9.17, 15) is 19.1 Å². The van der Waals surface area contributed by atoms with Gasteiger partial charge in [0, 0.05) is 5.56 Å². The molecule has 28 heavy (non-hydrogen) atoms. The summed E-state index contributed by atoms with van der Waals surface area (Å²) >= 11 is 0. The monoisotopic (exact) mass is 377 g/mol. The molecule has 5 nitrogen and oxygen atoms in total. The molecule has 0 spiro atoms. The molecule has 0 aliphatic carbocycles. The third kappa shape index (κ3) is 3.09. The van der Waals surface area contributed by atoms with Crippen molar-refractivity contribution in [3.63, 3.8) is 0 Å². The molecule has 1 aromatic heterocycles. The van der Waals surface area contributed by atoms with E-state index in [1.807, 2.05) is 6.07 Å². The molecule has 1 atom stereocenters. The number of likely N-dealkylation sites (tertiary alicyclic amines) is 1. The average Bonchev–Trinajstić information content (AvgIpc) is 3.31. The smallest absolute Gasteiger partial charge is 0.296 e. The highest BCUT2D eigenvalue weighted by Crippen LogP contribution is 2.40. The van der Waals surface area contributed by atoms with Crippen molar-refractivity contribution in [3.8, 4) is 0 Å². The first-order valence-corrected chi connectivity index (χ1v) is 8.68. The first kappa shape index (κ1) is 17.7. The molecule has 140 valence electrons. The molecule has 1 N–H and O–H groups in total. The van der Waals surface area contributed by atoms with Crippen LogP contribution >= 0.6 is 0 Å². The Morgan fingerprint density at radius 3 is 2.36 bits per heavy atom. The predicted molar refractivity (Wildman–Crippen MR) is 99.4 cm³/mol. The molecule has 0 saturated carbocycles. The number of aliphatic hydroxyl groups excluding tert-OH is 1. The molecule has 0 radical (unpaired) electrons. The number of halogens is 1. The van der Waals surface area contributed by atoms with Gasteiger partial charge in [-0.2, -0.15) is 0 Å². The summed E-state index contributed by atoms with van der Waals surface area (Å²) in [6, 6.07) is 16.7. The fourth-order valence-electron chi connectivity index (χ4n) is 3.36. The first-order chi connectivity index (χ1) is 13.6. The molecule has 1 aliphatic heterocycles. The number of aliphatic hydroxyl groups is 1. The van der Waals surface area contributed by atoms with E-state index in [2.05, 4.69) is 0 Å². The minimum Gasteiger partial charge on any atom is -0.507 e. The van der Waals surface area contributed by atoms with Crippen LogP contribution in [0.15, 0.2) is 83.0 Å². The van der Waals surface area contributed by atoms with Gasteiger partial charge in [-0.15, -0.1) is 0 Å². The zero-order chi connectivity index (χ0) is 19.7. The molecule has 0 bridgehead atoms. The minimum absolute atomic E-state index is 0.0330. The minimum atomic E-state index is -0.790. The van der Waals surface area contributed by atoms with Gasteiger partial charge in [0.1, 0.15) is 17.3 Å². The largest absolute Gasteiger partial charge is 0.507 e. The second-order valence-electron chi connectivity index (χ2n) is 6.42. The van der Waals surface area contributed by atoms with E-state index in [-0.39, 0.29) is 23.4 Å². The summed E-state index contributed by atoms with van der Waals surface area (Å²) in [4.78, 5) is 26.9. The van der Waals surface area contributed by atoms with Gasteiger partial charge in [0.2, 0.25) is 0 Å². The van der Waals surface area contributed by atoms with Crippen LogP contribution in [0.1, 0.15) is 22.9 Å². The van der Waals surface area contributed by atoms with Gasteiger partial charge < -0.3 is 14.4 Å². The van der Waals surface area contributed by atoms with Crippen molar-refractivity contribution in [1.29, 1.82) is 0 Å². The van der Waals surface area contributed by atoms with Crippen molar-refractivity contribution < 1.29 is 23.5 Å². The Hall–Kier alpha value is -3.67. The summed E-state index contributed by atoms with van der Waals surface area (Å²) in [6.07, 6.45) is 1.49. The molecular weight excluding hydrogens is 361 g/mol. The number of carbonyl (C=O) groups is 2. The number of amides is 1. The zero-order valence-electron chi connectivity index (χ0n) is 14.7. The summed E-state index contributed by atoms with van der Waals surface area (Å²) in [6.45, 7) is 0.0807. The maximum Gasteiger partial charge on any atom is 0.296 e. The van der Waals surface area contributed by atoms with Crippen molar-refractivity contribution in [1.82, 2.24) is 4.90 Å². The summed E-state index contributed by atoms with van der Waals surface area (Å²) < 4.78 is 18.6. The highest BCUT2D eigenvalue weighted by atomic mass is 19.1. The Morgan fingerprint density at radius 1 is 1.00 bits per heavy atom. The average molecular weight is 377 g/mol. The number of Topliss-reactive ketones (excluding diaryl/α,β-unsaturated/α-hetero) is 1. The highest BCUT2D eigenvalue weighted by Gasteiger charge is 2.46. The normalized spacial score (nSPS) is 18.6. The van der Waals surface area contributed by atoms with Crippen LogP contribution in [0.5, 0.6) is 0 Å². The molecule has 2 aromatic carbocycles. The van der Waals surface area contributed by atoms with E-state index >= 15 is 0 Å². The van der Waals surface area contributed by atoms with Gasteiger partial charge in [-0.1, -0.05) is 30.3 Å². The maximum absolute atomic E-state index is 13.2. The van der Waals surface area contributed by atoms with Crippen LogP contribution in [0.4, 0.5) is 4.39 Å². The first-order valence-electron chi connectivity index (χ1n) is 8.68. The van der Waals surface area contributed by atoms with Crippen LogP contribution in [0, 0.1) is 5.82 Å². The van der Waals surface area contributed by atoms with E-state index in [1.165, 1.54) is 35.4 Å². The Labute approximate surface area is 160 Å². The highest BCUT2D eigenvalue weighted by molar-refractivity contribution is 6.46. The fourth-order valence-corrected chi connectivity index (χ4v) is 3.36. The van der Waals surface area contributed by atoms with Gasteiger partial charge in [-0.3, -0.25) is 9.59 Å². The Balaban J connectivity index is 1.85. The van der Waals surface area contributed by atoms with E-state index in [1.54, 1.807) is 36.4 Å². The Bertz CT molecular complexity index is 1040. The topological polar surface area (TPSA) is 70.8 Å². The Morgan fingerprint density at radius 2 is 1.71 bits per heavy atom. The van der Waals surface area contributed by atoms with Crippen LogP contribution in [-0.4, -0.2) is 21.7 Å². The van der Waals surface area contributed by atoms with Crippen LogP contribution in [0.25, 0.3) is 5.76 Å². The molecule has 1 unspecified atom stereocenters. The SMILES string of the molecule is O=C1C(=O)N(Cc2ccco2)C(c2ccccc2)/C1=C(/O)c1ccc(F)cc1. The lowest BCUT2D eigenvalue weighted by Gasteiger charge is -2.24. The van der Waals surface area contributed by atoms with Gasteiger partial charge in [0.05, 0.1) is 24.4 Å². The third-order valence-corrected chi connectivity index (χ3v) is 4.68. The number of ketones is 1. The van der Waals surface area contributed by atoms with Gasteiger partial charge in [0.25, 0.3) is 11.7 Å². The lowest BCUT2D eigenvalue weighted by atomic mass is 9.95. The van der Waals surface area contributed by atoms with Crippen molar-refractivity contribution in [2.75, 3.05) is 0 Å². The summed E-state index contributed by atoms with van der Waals surface area (Å²) in [5.74, 6) is -1.80. The summed E-state index contributed by atoms with van der Waals surface area (Å²) in [7, 11) is 0. The molecule has 4 rings (SSSR count). The second-order valence-corrected chi connectivity index (χ2v) is 6.42. The van der Waals surface area contributed by atoms with Crippen molar-refractivity contribution in [2.45, 2.75) is 12.6 Å². The fraction of sp³-hybridized carbons (Fsp3) is 0.0909. The van der Waals surface area contributed by atoms with Gasteiger partial charge >= 0.3 is 0 Å². The third-order valence-electron chi connectivity index (χ3n) is 4.68. The number of carbonyl (C=O) groups excluding carboxylic acids is 2. The van der Waals surface area contributed by atoms with Gasteiger partial charge in [0.15, 0.2) is 0 Å². The summed E-state index contributed by atoms with van der Waals surface area (Å²) in [5.41, 5.74) is 0.907. The second kappa shape index (κ2) is 7.15. The Kier molecular flexibility index (Phi) is 4.53. The maximum atomic E-state index is 13.2. The van der Waals surface area contributed by atoms with Crippen LogP contribution in [-0.2, 0) is 16.1 Å². The van der Waals surface area contributed by atoms with Crippen molar-refractivity contribution in [3.05, 3.63) is 101 Å². The van der Waals surface area contributed by atoms with Gasteiger partial charge in [-0.25, -0.2) is 4.39 Å². The lowest BCUT2D eigenvalue weighted by molar-refractivity contribution is -0.140. The van der Waals surface area contributed by atoms with Crippen molar-refractivity contribution in [2.24, 2.45) is 0 Å². The van der Waals surface area contributed by atoms with E-state index in [4.69, 9.17) is 4.42 Å². The zero-order valence-corrected chi connectivity index (χ0v) is 14.7. The number of rotatable bonds is 4. The quantitative estimate of drug-likeness (QED) is 0.423. The number of hydrogen-bond acceptors (Lipinski definition) is 4. The molecule has 1 fully saturated rings. The number of hydrogen-bond donors (Lipinski definition) is 1. The van der Waals surface area contributed by atoms with Crippen molar-refractivity contribution >= 4 is 17.4 Å². The van der Waals surface area contributed by atoms with E-state index in [0.29, 0.717) is 11.3 Å². The predicted octanol–water partition coefficient (Wildman–Crippen LogP) is 4.04. The molecule has 2 heterocycles. The molecule has 1 saturated heterocycles. The molecule has 3 aromatic rings.